The Hall–Kier alpha value is -0.650. The van der Waals surface area contributed by atoms with Gasteiger partial charge in [0.2, 0.25) is 0 Å². The van der Waals surface area contributed by atoms with E-state index < -0.39 is 12.1 Å². The van der Waals surface area contributed by atoms with Gasteiger partial charge in [0, 0.05) is 13.1 Å². The fourth-order valence-corrected chi connectivity index (χ4v) is 0.464. The Bertz CT molecular complexity index is 105. The highest BCUT2D eigenvalue weighted by Crippen LogP contribution is 1.73. The normalized spacial score (nSPS) is 10.3. The summed E-state index contributed by atoms with van der Waals surface area (Å²) in [5.41, 5.74) is 10.4. The number of nitrogens with one attached hydrogen (secondary N) is 1. The number of carboxylic acid groups (broad SMARTS) is 1. The van der Waals surface area contributed by atoms with Crippen molar-refractivity contribution >= 4 is 5.97 Å². The zero-order valence-electron chi connectivity index (χ0n) is 5.71. The number of rotatable bonds is 5. The molecule has 0 aromatic rings. The molecule has 0 rings (SSSR count). The minimum atomic E-state index is -0.821. The lowest BCUT2D eigenvalue weighted by atomic mass is 10.4. The molecule has 0 aromatic heterocycles. The lowest BCUT2D eigenvalue weighted by molar-refractivity contribution is -0.136. The quantitative estimate of drug-likeness (QED) is 0.274. The van der Waals surface area contributed by atoms with Crippen LogP contribution in [0, 0.1) is 0 Å². The van der Waals surface area contributed by atoms with E-state index >= 15 is 0 Å². The predicted octanol–water partition coefficient (Wildman–Crippen LogP) is -1.71. The van der Waals surface area contributed by atoms with Crippen molar-refractivity contribution in [2.45, 2.75) is 12.6 Å². The molecule has 0 aliphatic heterocycles. The molecule has 0 spiro atoms. The van der Waals surface area contributed by atoms with E-state index in [1.54, 1.807) is 0 Å². The van der Waals surface area contributed by atoms with Crippen LogP contribution in [0.15, 0.2) is 0 Å². The van der Waals surface area contributed by atoms with E-state index in [1.807, 2.05) is 0 Å². The van der Waals surface area contributed by atoms with Crippen LogP contribution in [0.5, 0.6) is 0 Å². The maximum Gasteiger partial charge on any atom is 0.304 e. The molecule has 0 aliphatic carbocycles. The molecule has 0 aliphatic rings. The monoisotopic (exact) mass is 147 g/mol. The second kappa shape index (κ2) is 5.16. The van der Waals surface area contributed by atoms with Gasteiger partial charge in [-0.1, -0.05) is 0 Å². The summed E-state index contributed by atoms with van der Waals surface area (Å²) in [6.45, 7) is 0.869. The van der Waals surface area contributed by atoms with Crippen molar-refractivity contribution in [3.8, 4) is 0 Å². The second-order valence-electron chi connectivity index (χ2n) is 2.01. The van der Waals surface area contributed by atoms with Crippen LogP contribution in [0.25, 0.3) is 0 Å². The molecule has 0 saturated heterocycles. The molecule has 0 fully saturated rings. The largest absolute Gasteiger partial charge is 0.481 e. The number of aliphatic carboxylic acids is 1. The Labute approximate surface area is 59.4 Å². The number of hydrogen-bond acceptors (Lipinski definition) is 4. The van der Waals surface area contributed by atoms with Crippen molar-refractivity contribution in [2.24, 2.45) is 11.5 Å². The van der Waals surface area contributed by atoms with Crippen molar-refractivity contribution < 1.29 is 9.90 Å². The summed E-state index contributed by atoms with van der Waals surface area (Å²) < 4.78 is 0. The summed E-state index contributed by atoms with van der Waals surface area (Å²) in [6, 6.07) is 0. The Morgan fingerprint density at radius 2 is 2.20 bits per heavy atom. The molecule has 0 bridgehead atoms. The van der Waals surface area contributed by atoms with E-state index in [0.717, 1.165) is 0 Å². The van der Waals surface area contributed by atoms with Crippen LogP contribution in [-0.2, 0) is 4.79 Å². The summed E-state index contributed by atoms with van der Waals surface area (Å²) in [5, 5.41) is 11.0. The van der Waals surface area contributed by atoms with Crippen molar-refractivity contribution in [3.63, 3.8) is 0 Å². The number of nitrogens with two attached hydrogens (primary N) is 2. The topological polar surface area (TPSA) is 101 Å². The highest BCUT2D eigenvalue weighted by Gasteiger charge is 1.96. The fraction of sp³-hybridized carbons (Fsp3) is 0.800. The van der Waals surface area contributed by atoms with Gasteiger partial charge in [-0.15, -0.1) is 0 Å². The van der Waals surface area contributed by atoms with Gasteiger partial charge >= 0.3 is 5.97 Å². The number of carbonyl (C=O) groups is 1. The van der Waals surface area contributed by atoms with Crippen LogP contribution < -0.4 is 16.8 Å². The molecule has 0 amide bonds. The first-order valence-electron chi connectivity index (χ1n) is 3.06. The van der Waals surface area contributed by atoms with Gasteiger partial charge in [-0.2, -0.15) is 0 Å². The van der Waals surface area contributed by atoms with Crippen LogP contribution >= 0.6 is 0 Å². The van der Waals surface area contributed by atoms with Crippen LogP contribution in [0.1, 0.15) is 6.42 Å². The summed E-state index contributed by atoms with van der Waals surface area (Å²) in [5.74, 6) is -0.821. The van der Waals surface area contributed by atoms with Gasteiger partial charge in [-0.3, -0.25) is 4.79 Å². The van der Waals surface area contributed by atoms with Gasteiger partial charge in [-0.25, -0.2) is 0 Å². The molecular weight excluding hydrogens is 134 g/mol. The molecule has 5 heteroatoms. The first-order chi connectivity index (χ1) is 4.63. The molecule has 10 heavy (non-hydrogen) atoms. The molecule has 0 atom stereocenters. The van der Waals surface area contributed by atoms with Crippen LogP contribution in [0.4, 0.5) is 0 Å². The zero-order valence-corrected chi connectivity index (χ0v) is 5.71. The second-order valence-corrected chi connectivity index (χ2v) is 2.01. The minimum absolute atomic E-state index is 0.104. The number of hydrogen-bond donors (Lipinski definition) is 4. The van der Waals surface area contributed by atoms with Crippen molar-refractivity contribution in [1.29, 1.82) is 0 Å². The first-order valence-corrected chi connectivity index (χ1v) is 3.06. The van der Waals surface area contributed by atoms with Crippen molar-refractivity contribution in [1.82, 2.24) is 5.32 Å². The Kier molecular flexibility index (Phi) is 4.82. The van der Waals surface area contributed by atoms with E-state index in [0.29, 0.717) is 13.1 Å². The highest BCUT2D eigenvalue weighted by atomic mass is 16.4. The first kappa shape index (κ1) is 9.35. The molecule has 0 radical (unpaired) electrons. The van der Waals surface area contributed by atoms with Gasteiger partial charge in [0.1, 0.15) is 0 Å². The SMILES string of the molecule is NC(N)CNCCC(=O)O. The van der Waals surface area contributed by atoms with E-state index in [9.17, 15) is 4.79 Å². The maximum absolute atomic E-state index is 9.94. The average molecular weight is 147 g/mol. The van der Waals surface area contributed by atoms with Crippen LogP contribution in [0.3, 0.4) is 0 Å². The third-order valence-electron chi connectivity index (χ3n) is 0.896. The molecule has 60 valence electrons. The lowest BCUT2D eigenvalue weighted by Gasteiger charge is -2.04. The highest BCUT2D eigenvalue weighted by molar-refractivity contribution is 5.66. The summed E-state index contributed by atoms with van der Waals surface area (Å²) in [4.78, 5) is 9.94. The molecular formula is C5H13N3O2. The summed E-state index contributed by atoms with van der Waals surface area (Å²) >= 11 is 0. The van der Waals surface area contributed by atoms with Crippen molar-refractivity contribution in [3.05, 3.63) is 0 Å². The van der Waals surface area contributed by atoms with E-state index in [-0.39, 0.29) is 6.42 Å². The Morgan fingerprint density at radius 3 is 2.60 bits per heavy atom. The van der Waals surface area contributed by atoms with E-state index in [1.165, 1.54) is 0 Å². The molecule has 0 unspecified atom stereocenters. The van der Waals surface area contributed by atoms with Gasteiger partial charge in [-0.05, 0) is 0 Å². The average Bonchev–Trinajstić information content (AvgIpc) is 1.79. The molecule has 0 saturated carbocycles. The summed E-state index contributed by atoms with van der Waals surface area (Å²) in [7, 11) is 0. The lowest BCUT2D eigenvalue weighted by Crippen LogP contribution is -2.41. The van der Waals surface area contributed by atoms with Crippen molar-refractivity contribution in [2.75, 3.05) is 13.1 Å². The van der Waals surface area contributed by atoms with E-state index in [2.05, 4.69) is 5.32 Å². The fourth-order valence-electron chi connectivity index (χ4n) is 0.464. The Morgan fingerprint density at radius 1 is 1.60 bits per heavy atom. The number of carboxylic acids is 1. The zero-order chi connectivity index (χ0) is 7.98. The van der Waals surface area contributed by atoms with Gasteiger partial charge in [0.05, 0.1) is 12.6 Å². The standard InChI is InChI=1S/C5H13N3O2/c6-4(7)3-8-2-1-5(9)10/h4,8H,1-3,6-7H2,(H,9,10). The third-order valence-corrected chi connectivity index (χ3v) is 0.896. The van der Waals surface area contributed by atoms with Gasteiger partial charge < -0.3 is 21.9 Å². The predicted molar refractivity (Wildman–Crippen MR) is 37.3 cm³/mol. The third kappa shape index (κ3) is 7.35. The smallest absolute Gasteiger partial charge is 0.304 e. The Balaban J connectivity index is 2.98. The molecule has 0 aromatic carbocycles. The van der Waals surface area contributed by atoms with Gasteiger partial charge in [0.25, 0.3) is 0 Å². The maximum atomic E-state index is 9.94. The minimum Gasteiger partial charge on any atom is -0.481 e. The van der Waals surface area contributed by atoms with Crippen LogP contribution in [0.2, 0.25) is 0 Å². The van der Waals surface area contributed by atoms with Crippen LogP contribution in [-0.4, -0.2) is 30.3 Å². The molecule has 0 heterocycles. The molecule has 5 nitrogen and oxygen atoms in total. The van der Waals surface area contributed by atoms with E-state index in [4.69, 9.17) is 16.6 Å². The van der Waals surface area contributed by atoms with Gasteiger partial charge in [0.15, 0.2) is 0 Å². The molecule has 6 N–H and O–H groups in total. The summed E-state index contributed by atoms with van der Waals surface area (Å²) in [6.07, 6.45) is -0.305.